The molecule has 0 atom stereocenters. The monoisotopic (exact) mass is 140 g/mol. The van der Waals surface area contributed by atoms with E-state index in [1.54, 1.807) is 6.39 Å². The Labute approximate surface area is 58.9 Å². The molecule has 1 aromatic heterocycles. The molecule has 10 heavy (non-hydrogen) atoms. The Morgan fingerprint density at radius 3 is 3.20 bits per heavy atom. The quantitative estimate of drug-likeness (QED) is 0.536. The van der Waals surface area contributed by atoms with Crippen LogP contribution in [0.2, 0.25) is 0 Å². The van der Waals surface area contributed by atoms with Gasteiger partial charge >= 0.3 is 12.3 Å². The molecule has 1 aliphatic heterocycles. The summed E-state index contributed by atoms with van der Waals surface area (Å²) in [6.45, 7) is 0.986. The van der Waals surface area contributed by atoms with Crippen LogP contribution in [0, 0.1) is 0 Å². The SMILES string of the molecule is Oc1oc[n+]2c1CCCC2. The molecule has 2 heterocycles. The maximum Gasteiger partial charge on any atom is 0.356 e. The summed E-state index contributed by atoms with van der Waals surface area (Å²) in [5.41, 5.74) is 0.950. The number of rotatable bonds is 0. The number of hydrogen-bond acceptors (Lipinski definition) is 2. The molecule has 54 valence electrons. The van der Waals surface area contributed by atoms with E-state index < -0.39 is 0 Å². The highest BCUT2D eigenvalue weighted by Crippen LogP contribution is 2.18. The molecule has 0 aliphatic carbocycles. The fraction of sp³-hybridized carbons (Fsp3) is 0.571. The van der Waals surface area contributed by atoms with Crippen LogP contribution in [0.5, 0.6) is 5.95 Å². The van der Waals surface area contributed by atoms with E-state index in [1.807, 2.05) is 4.57 Å². The van der Waals surface area contributed by atoms with Crippen LogP contribution in [0.25, 0.3) is 0 Å². The third-order valence-electron chi connectivity index (χ3n) is 1.95. The molecule has 0 spiro atoms. The summed E-state index contributed by atoms with van der Waals surface area (Å²) in [4.78, 5) is 0. The van der Waals surface area contributed by atoms with Crippen LogP contribution >= 0.6 is 0 Å². The first-order chi connectivity index (χ1) is 4.88. The lowest BCUT2D eigenvalue weighted by Gasteiger charge is -2.01. The Kier molecular flexibility index (Phi) is 1.16. The van der Waals surface area contributed by atoms with Crippen LogP contribution in [0.15, 0.2) is 10.8 Å². The molecular formula is C7H10NO2+. The highest BCUT2D eigenvalue weighted by Gasteiger charge is 2.23. The number of aromatic nitrogens is 1. The van der Waals surface area contributed by atoms with Gasteiger partial charge < -0.3 is 9.52 Å². The van der Waals surface area contributed by atoms with Crippen molar-refractivity contribution in [2.75, 3.05) is 0 Å². The number of oxazole rings is 1. The minimum Gasteiger partial charge on any atom is -0.476 e. The molecule has 1 aliphatic rings. The molecule has 0 bridgehead atoms. The summed E-state index contributed by atoms with van der Waals surface area (Å²) in [6.07, 6.45) is 4.88. The topological polar surface area (TPSA) is 37.3 Å². The first kappa shape index (κ1) is 5.77. The van der Waals surface area contributed by atoms with E-state index in [0.717, 1.165) is 25.1 Å². The van der Waals surface area contributed by atoms with Crippen molar-refractivity contribution >= 4 is 0 Å². The zero-order valence-electron chi connectivity index (χ0n) is 5.71. The van der Waals surface area contributed by atoms with E-state index in [2.05, 4.69) is 0 Å². The Hall–Kier alpha value is -0.990. The van der Waals surface area contributed by atoms with Crippen molar-refractivity contribution in [1.82, 2.24) is 0 Å². The van der Waals surface area contributed by atoms with Gasteiger partial charge in [0.2, 0.25) is 0 Å². The van der Waals surface area contributed by atoms with E-state index in [-0.39, 0.29) is 5.95 Å². The fourth-order valence-electron chi connectivity index (χ4n) is 1.38. The molecule has 0 amide bonds. The summed E-state index contributed by atoms with van der Waals surface area (Å²) >= 11 is 0. The average Bonchev–Trinajstić information content (AvgIpc) is 2.34. The lowest BCUT2D eigenvalue weighted by Crippen LogP contribution is -2.38. The maximum atomic E-state index is 9.11. The Morgan fingerprint density at radius 2 is 2.40 bits per heavy atom. The summed E-state index contributed by atoms with van der Waals surface area (Å²) in [5, 5.41) is 9.11. The van der Waals surface area contributed by atoms with Crippen molar-refractivity contribution < 1.29 is 14.1 Å². The van der Waals surface area contributed by atoms with Crippen LogP contribution in [0.3, 0.4) is 0 Å². The predicted octanol–water partition coefficient (Wildman–Crippen LogP) is 0.609. The van der Waals surface area contributed by atoms with Gasteiger partial charge in [0, 0.05) is 12.8 Å². The first-order valence-electron chi connectivity index (χ1n) is 3.57. The normalized spacial score (nSPS) is 16.8. The number of aromatic hydroxyl groups is 1. The third kappa shape index (κ3) is 0.701. The van der Waals surface area contributed by atoms with Crippen molar-refractivity contribution in [3.8, 4) is 5.95 Å². The van der Waals surface area contributed by atoms with Crippen LogP contribution < -0.4 is 4.57 Å². The van der Waals surface area contributed by atoms with Crippen molar-refractivity contribution in [2.24, 2.45) is 0 Å². The molecule has 0 saturated heterocycles. The van der Waals surface area contributed by atoms with Gasteiger partial charge in [-0.3, -0.25) is 0 Å². The molecule has 3 nitrogen and oxygen atoms in total. The van der Waals surface area contributed by atoms with Gasteiger partial charge in [-0.15, -0.1) is 0 Å². The predicted molar refractivity (Wildman–Crippen MR) is 33.5 cm³/mol. The molecule has 0 radical (unpaired) electrons. The second kappa shape index (κ2) is 2.01. The third-order valence-corrected chi connectivity index (χ3v) is 1.95. The zero-order chi connectivity index (χ0) is 6.97. The number of fused-ring (bicyclic) bond motifs is 1. The minimum absolute atomic E-state index is 0.0969. The summed E-state index contributed by atoms with van der Waals surface area (Å²) in [5.74, 6) is 0.0969. The van der Waals surface area contributed by atoms with Crippen LogP contribution in [0.1, 0.15) is 18.5 Å². The molecule has 0 aromatic carbocycles. The average molecular weight is 140 g/mol. The van der Waals surface area contributed by atoms with E-state index in [4.69, 9.17) is 9.52 Å². The van der Waals surface area contributed by atoms with E-state index in [1.165, 1.54) is 6.42 Å². The minimum atomic E-state index is 0.0969. The molecular weight excluding hydrogens is 130 g/mol. The Balaban J connectivity index is 2.45. The molecule has 1 N–H and O–H groups in total. The number of aryl methyl sites for hydroxylation is 1. The lowest BCUT2D eigenvalue weighted by atomic mass is 10.1. The van der Waals surface area contributed by atoms with E-state index >= 15 is 0 Å². The largest absolute Gasteiger partial charge is 0.476 e. The van der Waals surface area contributed by atoms with Gasteiger partial charge in [0.25, 0.3) is 5.69 Å². The summed E-state index contributed by atoms with van der Waals surface area (Å²) in [6, 6.07) is 0. The highest BCUT2D eigenvalue weighted by molar-refractivity contribution is 5.06. The molecule has 3 heteroatoms. The van der Waals surface area contributed by atoms with Crippen molar-refractivity contribution in [2.45, 2.75) is 25.8 Å². The van der Waals surface area contributed by atoms with Gasteiger partial charge in [0.05, 0.1) is 0 Å². The zero-order valence-corrected chi connectivity index (χ0v) is 5.71. The first-order valence-corrected chi connectivity index (χ1v) is 3.57. The fourth-order valence-corrected chi connectivity index (χ4v) is 1.38. The second-order valence-electron chi connectivity index (χ2n) is 2.63. The van der Waals surface area contributed by atoms with Crippen LogP contribution in [0.4, 0.5) is 0 Å². The van der Waals surface area contributed by atoms with Gasteiger partial charge in [-0.1, -0.05) is 0 Å². The standard InChI is InChI=1S/C7H9NO2/c9-7-6-3-1-2-4-8(6)5-10-7/h5H,1-4H2/p+1. The molecule has 2 rings (SSSR count). The van der Waals surface area contributed by atoms with Crippen molar-refractivity contribution in [3.05, 3.63) is 12.1 Å². The van der Waals surface area contributed by atoms with E-state index in [0.29, 0.717) is 0 Å². The van der Waals surface area contributed by atoms with Gasteiger partial charge in [0.1, 0.15) is 0 Å². The number of hydrogen-bond donors (Lipinski definition) is 1. The lowest BCUT2D eigenvalue weighted by molar-refractivity contribution is -0.711. The van der Waals surface area contributed by atoms with Gasteiger partial charge in [-0.25, -0.2) is 0 Å². The van der Waals surface area contributed by atoms with Gasteiger partial charge in [-0.2, -0.15) is 4.57 Å². The smallest absolute Gasteiger partial charge is 0.356 e. The molecule has 0 saturated carbocycles. The number of nitrogens with zero attached hydrogens (tertiary/aromatic N) is 1. The molecule has 0 fully saturated rings. The molecule has 0 unspecified atom stereocenters. The van der Waals surface area contributed by atoms with Crippen molar-refractivity contribution in [3.63, 3.8) is 0 Å². The van der Waals surface area contributed by atoms with Crippen molar-refractivity contribution in [1.29, 1.82) is 0 Å². The Morgan fingerprint density at radius 1 is 1.50 bits per heavy atom. The van der Waals surface area contributed by atoms with E-state index in [9.17, 15) is 0 Å². The summed E-state index contributed by atoms with van der Waals surface area (Å²) in [7, 11) is 0. The molecule has 1 aromatic rings. The maximum absolute atomic E-state index is 9.11. The highest BCUT2D eigenvalue weighted by atomic mass is 16.5. The summed E-state index contributed by atoms with van der Waals surface area (Å²) < 4.78 is 6.81. The van der Waals surface area contributed by atoms with Crippen LogP contribution in [-0.4, -0.2) is 5.11 Å². The second-order valence-corrected chi connectivity index (χ2v) is 2.63. The van der Waals surface area contributed by atoms with Gasteiger partial charge in [0.15, 0.2) is 6.54 Å². The Bertz CT molecular complexity index is 242. The van der Waals surface area contributed by atoms with Gasteiger partial charge in [-0.05, 0) is 6.42 Å². The van der Waals surface area contributed by atoms with Crippen LogP contribution in [-0.2, 0) is 13.0 Å².